The molecule has 1 amide bonds. The predicted molar refractivity (Wildman–Crippen MR) is 81.6 cm³/mol. The summed E-state index contributed by atoms with van der Waals surface area (Å²) >= 11 is 0. The molecule has 0 atom stereocenters. The van der Waals surface area contributed by atoms with Gasteiger partial charge in [0.05, 0.1) is 0 Å². The number of aromatic amines is 1. The highest BCUT2D eigenvalue weighted by atomic mass is 16.1. The molecule has 0 unspecified atom stereocenters. The van der Waals surface area contributed by atoms with E-state index in [1.807, 2.05) is 18.2 Å². The first-order valence-corrected chi connectivity index (χ1v) is 7.78. The molecule has 4 nitrogen and oxygen atoms in total. The third-order valence-corrected chi connectivity index (χ3v) is 4.49. The molecule has 108 valence electrons. The lowest BCUT2D eigenvalue weighted by Crippen LogP contribution is -2.15. The van der Waals surface area contributed by atoms with Crippen LogP contribution in [0, 0.1) is 0 Å². The number of carbonyl (C=O) groups is 1. The highest BCUT2D eigenvalue weighted by Gasteiger charge is 2.26. The van der Waals surface area contributed by atoms with Crippen LogP contribution in [0.25, 0.3) is 0 Å². The molecule has 2 aliphatic carbocycles. The van der Waals surface area contributed by atoms with Crippen LogP contribution in [0.1, 0.15) is 58.9 Å². The smallest absolute Gasteiger partial charge is 0.276 e. The maximum atomic E-state index is 12.4. The lowest BCUT2D eigenvalue weighted by atomic mass is 9.90. The van der Waals surface area contributed by atoms with Crippen LogP contribution in [-0.4, -0.2) is 16.1 Å². The summed E-state index contributed by atoms with van der Waals surface area (Å²) in [5.74, 6) is 0.473. The number of fused-ring (bicyclic) bond motifs is 1. The molecule has 1 saturated carbocycles. The summed E-state index contributed by atoms with van der Waals surface area (Å²) in [6, 6.07) is 8.09. The minimum Gasteiger partial charge on any atom is -0.320 e. The van der Waals surface area contributed by atoms with E-state index in [1.165, 1.54) is 36.8 Å². The van der Waals surface area contributed by atoms with Gasteiger partial charge in [-0.25, -0.2) is 0 Å². The normalized spacial score (nSPS) is 17.3. The number of anilines is 1. The van der Waals surface area contributed by atoms with E-state index in [-0.39, 0.29) is 5.91 Å². The number of rotatable bonds is 3. The molecule has 4 heteroatoms. The van der Waals surface area contributed by atoms with Crippen LogP contribution in [0.3, 0.4) is 0 Å². The van der Waals surface area contributed by atoms with Gasteiger partial charge in [-0.3, -0.25) is 9.89 Å². The lowest BCUT2D eigenvalue weighted by Gasteiger charge is -2.19. The Balaban J connectivity index is 1.56. The Bertz CT molecular complexity index is 685. The predicted octanol–water partition coefficient (Wildman–Crippen LogP) is 3.42. The van der Waals surface area contributed by atoms with Gasteiger partial charge in [0, 0.05) is 17.3 Å². The van der Waals surface area contributed by atoms with Crippen LogP contribution in [0.2, 0.25) is 0 Å². The largest absolute Gasteiger partial charge is 0.320 e. The number of hydrogen-bond donors (Lipinski definition) is 2. The zero-order chi connectivity index (χ0) is 14.2. The molecule has 1 aromatic carbocycles. The van der Waals surface area contributed by atoms with Gasteiger partial charge >= 0.3 is 0 Å². The zero-order valence-corrected chi connectivity index (χ0v) is 12.0. The van der Waals surface area contributed by atoms with Crippen molar-refractivity contribution in [1.29, 1.82) is 0 Å². The average molecular weight is 281 g/mol. The Morgan fingerprint density at radius 3 is 2.95 bits per heavy atom. The topological polar surface area (TPSA) is 57.8 Å². The van der Waals surface area contributed by atoms with Crippen molar-refractivity contribution in [2.75, 3.05) is 5.32 Å². The number of amides is 1. The van der Waals surface area contributed by atoms with E-state index in [0.717, 1.165) is 24.2 Å². The van der Waals surface area contributed by atoms with Crippen molar-refractivity contribution in [3.05, 3.63) is 46.8 Å². The fraction of sp³-hybridized carbons (Fsp3) is 0.412. The first-order chi connectivity index (χ1) is 10.3. The SMILES string of the molecule is O=C(Nc1cccc2c1CCCC2)c1cc(C2CC2)[nH]n1. The fourth-order valence-corrected chi connectivity index (χ4v) is 3.14. The number of aryl methyl sites for hydroxylation is 1. The van der Waals surface area contributed by atoms with Crippen LogP contribution >= 0.6 is 0 Å². The standard InChI is InChI=1S/C17H19N3O/c21-17(16-10-15(19-20-16)12-8-9-12)18-14-7-3-5-11-4-1-2-6-13(11)14/h3,5,7,10,12H,1-2,4,6,8-9H2,(H,18,21)(H,19,20). The number of aromatic nitrogens is 2. The maximum Gasteiger partial charge on any atom is 0.276 e. The van der Waals surface area contributed by atoms with Gasteiger partial charge in [0.2, 0.25) is 0 Å². The summed E-state index contributed by atoms with van der Waals surface area (Å²) in [7, 11) is 0. The number of benzene rings is 1. The summed E-state index contributed by atoms with van der Waals surface area (Å²) in [5.41, 5.74) is 5.21. The monoisotopic (exact) mass is 281 g/mol. The third-order valence-electron chi connectivity index (χ3n) is 4.49. The van der Waals surface area contributed by atoms with Crippen molar-refractivity contribution in [3.63, 3.8) is 0 Å². The molecule has 1 fully saturated rings. The second-order valence-electron chi connectivity index (χ2n) is 6.09. The Kier molecular flexibility index (Phi) is 3.02. The van der Waals surface area contributed by atoms with Crippen molar-refractivity contribution in [3.8, 4) is 0 Å². The Morgan fingerprint density at radius 1 is 1.24 bits per heavy atom. The molecule has 2 N–H and O–H groups in total. The van der Waals surface area contributed by atoms with Gasteiger partial charge in [-0.2, -0.15) is 5.10 Å². The van der Waals surface area contributed by atoms with Gasteiger partial charge in [0.15, 0.2) is 5.69 Å². The molecule has 0 bridgehead atoms. The summed E-state index contributed by atoms with van der Waals surface area (Å²) in [4.78, 5) is 12.4. The molecule has 0 saturated heterocycles. The van der Waals surface area contributed by atoms with Crippen LogP contribution < -0.4 is 5.32 Å². The molecule has 2 aromatic rings. The molecular weight excluding hydrogens is 262 g/mol. The van der Waals surface area contributed by atoms with E-state index in [9.17, 15) is 4.79 Å². The fourth-order valence-electron chi connectivity index (χ4n) is 3.14. The maximum absolute atomic E-state index is 12.4. The van der Waals surface area contributed by atoms with E-state index in [1.54, 1.807) is 0 Å². The van der Waals surface area contributed by atoms with Crippen molar-refractivity contribution < 1.29 is 4.79 Å². The van der Waals surface area contributed by atoms with Gasteiger partial charge < -0.3 is 5.32 Å². The molecule has 21 heavy (non-hydrogen) atoms. The number of hydrogen-bond acceptors (Lipinski definition) is 2. The van der Waals surface area contributed by atoms with Gasteiger partial charge in [0.1, 0.15) is 0 Å². The van der Waals surface area contributed by atoms with Crippen LogP contribution in [-0.2, 0) is 12.8 Å². The first kappa shape index (κ1) is 12.6. The molecular formula is C17H19N3O. The van der Waals surface area contributed by atoms with Gasteiger partial charge in [-0.15, -0.1) is 0 Å². The summed E-state index contributed by atoms with van der Waals surface area (Å²) in [5, 5.41) is 10.2. The second kappa shape index (κ2) is 5.02. The number of nitrogens with one attached hydrogen (secondary N) is 2. The molecule has 0 aliphatic heterocycles. The van der Waals surface area contributed by atoms with Crippen molar-refractivity contribution in [2.24, 2.45) is 0 Å². The molecule has 2 aliphatic rings. The molecule has 1 aromatic heterocycles. The van der Waals surface area contributed by atoms with E-state index in [2.05, 4.69) is 21.6 Å². The van der Waals surface area contributed by atoms with Crippen molar-refractivity contribution in [1.82, 2.24) is 10.2 Å². The summed E-state index contributed by atoms with van der Waals surface area (Å²) in [6.07, 6.45) is 7.03. The van der Waals surface area contributed by atoms with Gasteiger partial charge in [-0.1, -0.05) is 12.1 Å². The van der Waals surface area contributed by atoms with Crippen LogP contribution in [0.4, 0.5) is 5.69 Å². The second-order valence-corrected chi connectivity index (χ2v) is 6.09. The van der Waals surface area contributed by atoms with Gasteiger partial charge in [0.25, 0.3) is 5.91 Å². The number of carbonyl (C=O) groups excluding carboxylic acids is 1. The Hall–Kier alpha value is -2.10. The van der Waals surface area contributed by atoms with Crippen molar-refractivity contribution >= 4 is 11.6 Å². The van der Waals surface area contributed by atoms with E-state index in [4.69, 9.17) is 0 Å². The molecule has 1 heterocycles. The highest BCUT2D eigenvalue weighted by molar-refractivity contribution is 6.03. The third kappa shape index (κ3) is 2.46. The number of nitrogens with zero attached hydrogens (tertiary/aromatic N) is 1. The van der Waals surface area contributed by atoms with Gasteiger partial charge in [-0.05, 0) is 61.8 Å². The quantitative estimate of drug-likeness (QED) is 0.905. The van der Waals surface area contributed by atoms with E-state index >= 15 is 0 Å². The Labute approximate surface area is 124 Å². The Morgan fingerprint density at radius 2 is 2.10 bits per heavy atom. The highest BCUT2D eigenvalue weighted by Crippen LogP contribution is 2.39. The van der Waals surface area contributed by atoms with Crippen LogP contribution in [0.15, 0.2) is 24.3 Å². The molecule has 4 rings (SSSR count). The zero-order valence-electron chi connectivity index (χ0n) is 12.0. The molecule has 0 spiro atoms. The first-order valence-electron chi connectivity index (χ1n) is 7.78. The van der Waals surface area contributed by atoms with E-state index < -0.39 is 0 Å². The van der Waals surface area contributed by atoms with Crippen molar-refractivity contribution in [2.45, 2.75) is 44.4 Å². The summed E-state index contributed by atoms with van der Waals surface area (Å²) in [6.45, 7) is 0. The van der Waals surface area contributed by atoms with E-state index in [0.29, 0.717) is 11.6 Å². The lowest BCUT2D eigenvalue weighted by molar-refractivity contribution is 0.102. The summed E-state index contributed by atoms with van der Waals surface area (Å²) < 4.78 is 0. The average Bonchev–Trinajstić information content (AvgIpc) is 3.25. The van der Waals surface area contributed by atoms with Crippen LogP contribution in [0.5, 0.6) is 0 Å². The number of H-pyrrole nitrogens is 1. The molecule has 0 radical (unpaired) electrons. The minimum absolute atomic E-state index is 0.114. The minimum atomic E-state index is -0.114.